The molecule has 6 N–H and O–H groups in total. The summed E-state index contributed by atoms with van der Waals surface area (Å²) in [6.07, 6.45) is 4.45. The molecule has 0 aliphatic heterocycles. The number of nitrogens with zero attached hydrogens (tertiary/aromatic N) is 2. The van der Waals surface area contributed by atoms with Gasteiger partial charge in [-0.05, 0) is 61.1 Å². The number of hydrogen-bond donors (Lipinski definition) is 4. The van der Waals surface area contributed by atoms with Gasteiger partial charge in [0.05, 0.1) is 12.1 Å². The maximum Gasteiger partial charge on any atom is 0.255 e. The normalized spacial score (nSPS) is 24.8. The van der Waals surface area contributed by atoms with E-state index in [1.165, 1.54) is 0 Å². The highest BCUT2D eigenvalue weighted by Crippen LogP contribution is 2.54. The van der Waals surface area contributed by atoms with E-state index in [0.29, 0.717) is 24.2 Å². The molecule has 2 aliphatic carbocycles. The zero-order valence-electron chi connectivity index (χ0n) is 18.2. The summed E-state index contributed by atoms with van der Waals surface area (Å²) in [4.78, 5) is 42.7. The highest BCUT2D eigenvalue weighted by Gasteiger charge is 2.54. The van der Waals surface area contributed by atoms with E-state index >= 15 is 0 Å². The molecule has 1 aromatic carbocycles. The highest BCUT2D eigenvalue weighted by atomic mass is 35.5. The number of halogens is 2. The molecule has 2 bridgehead atoms. The van der Waals surface area contributed by atoms with E-state index in [4.69, 9.17) is 17.3 Å². The lowest BCUT2D eigenvalue weighted by Gasteiger charge is -2.35. The Morgan fingerprint density at radius 2 is 2.09 bits per heavy atom. The molecule has 1 aromatic heterocycles. The number of aromatic nitrogens is 2. The van der Waals surface area contributed by atoms with Crippen molar-refractivity contribution in [3.8, 4) is 0 Å². The molecule has 0 unspecified atom stereocenters. The van der Waals surface area contributed by atoms with Crippen LogP contribution in [0, 0.1) is 34.4 Å². The summed E-state index contributed by atoms with van der Waals surface area (Å²) < 4.78 is 14.2. The molecule has 4 rings (SSSR count). The number of carbonyl (C=O) groups excluding carboxylic acids is 2. The quantitative estimate of drug-likeness (QED) is 0.387. The Balaban J connectivity index is 0.00000324. The minimum Gasteiger partial charge on any atom is -0.870 e. The summed E-state index contributed by atoms with van der Waals surface area (Å²) >= 11 is 5.80. The van der Waals surface area contributed by atoms with E-state index in [0.717, 1.165) is 25.5 Å². The van der Waals surface area contributed by atoms with Gasteiger partial charge in [-0.15, -0.1) is 0 Å². The lowest BCUT2D eigenvalue weighted by atomic mass is 9.76. The van der Waals surface area contributed by atoms with E-state index < -0.39 is 17.6 Å². The molecule has 0 saturated heterocycles. The standard InChI is InChI=1S/C22H24ClFN6O3.H2O/c23-22-26-10-16(24)21(29-22)28-19-15-8-12(18(19)20(25)32)7-11(15)3-1-6-17(31)27-13-4-2-5-14(9-13)30-33;/h2,4-5,9-12,15,18-19H,1,3,6-8H2,(H2,25,32)(H,27,31)(H,26,28,29);1H2/t11-,12-,15-,18+,19-;/m1./s1. The first-order valence-electron chi connectivity index (χ1n) is 10.9. The third kappa shape index (κ3) is 5.48. The number of carbonyl (C=O) groups is 2. The minimum absolute atomic E-state index is 0. The van der Waals surface area contributed by atoms with Crippen molar-refractivity contribution < 1.29 is 24.6 Å². The molecule has 1 heterocycles. The van der Waals surface area contributed by atoms with Gasteiger partial charge in [0, 0.05) is 40.4 Å². The van der Waals surface area contributed by atoms with E-state index in [1.807, 2.05) is 0 Å². The van der Waals surface area contributed by atoms with Crippen molar-refractivity contribution in [2.24, 2.45) is 29.4 Å². The van der Waals surface area contributed by atoms with Crippen LogP contribution in [-0.4, -0.2) is 33.3 Å². The average Bonchev–Trinajstić information content (AvgIpc) is 3.34. The lowest BCUT2D eigenvalue weighted by Crippen LogP contribution is -2.55. The van der Waals surface area contributed by atoms with Crippen LogP contribution in [-0.2, 0) is 9.59 Å². The largest absolute Gasteiger partial charge is 0.870 e. The van der Waals surface area contributed by atoms with Crippen molar-refractivity contribution in [2.75, 3.05) is 10.6 Å². The van der Waals surface area contributed by atoms with E-state index in [-0.39, 0.29) is 46.3 Å². The zero-order valence-corrected chi connectivity index (χ0v) is 19.0. The molecule has 2 aliphatic rings. The number of nitroso groups, excluding NO2 is 1. The van der Waals surface area contributed by atoms with Crippen molar-refractivity contribution in [1.82, 2.24) is 9.97 Å². The lowest BCUT2D eigenvalue weighted by molar-refractivity contribution is -0.379. The second-order valence-electron chi connectivity index (χ2n) is 8.71. The average molecular weight is 493 g/mol. The van der Waals surface area contributed by atoms with Gasteiger partial charge >= 0.3 is 0 Å². The zero-order chi connectivity index (χ0) is 23.5. The van der Waals surface area contributed by atoms with Crippen molar-refractivity contribution in [3.63, 3.8) is 0 Å². The van der Waals surface area contributed by atoms with E-state index in [1.54, 1.807) is 29.4 Å². The van der Waals surface area contributed by atoms with Crippen LogP contribution >= 0.6 is 11.6 Å². The predicted molar refractivity (Wildman–Crippen MR) is 122 cm³/mol. The fourth-order valence-electron chi connectivity index (χ4n) is 5.45. The van der Waals surface area contributed by atoms with Crippen LogP contribution in [0.2, 0.25) is 5.28 Å². The van der Waals surface area contributed by atoms with Gasteiger partial charge in [0.2, 0.25) is 17.1 Å². The molecule has 0 radical (unpaired) electrons. The SMILES string of the molecule is NC(=O)[C@H]1[C@@H]2C[C@@H](CCCC(=O)Nc3cccc([NH+]=O)c3)[C@@H](C2)[C@H]1Nc1nc(Cl)ncc1F.[OH-]. The van der Waals surface area contributed by atoms with Gasteiger partial charge in [-0.2, -0.15) is 4.98 Å². The summed E-state index contributed by atoms with van der Waals surface area (Å²) in [5.41, 5.74) is 6.60. The van der Waals surface area contributed by atoms with Crippen molar-refractivity contribution in [3.05, 3.63) is 46.5 Å². The van der Waals surface area contributed by atoms with Crippen LogP contribution in [0.4, 0.5) is 21.6 Å². The number of primary amides is 1. The minimum atomic E-state index is -0.644. The van der Waals surface area contributed by atoms with E-state index in [9.17, 15) is 18.9 Å². The van der Waals surface area contributed by atoms with Gasteiger partial charge in [-0.1, -0.05) is 6.07 Å². The Hall–Kier alpha value is -3.18. The third-order valence-corrected chi connectivity index (χ3v) is 6.91. The van der Waals surface area contributed by atoms with Gasteiger partial charge in [-0.3, -0.25) is 9.59 Å². The molecule has 0 spiro atoms. The van der Waals surface area contributed by atoms with Crippen LogP contribution in [0.5, 0.6) is 0 Å². The fraction of sp³-hybridized carbons (Fsp3) is 0.455. The van der Waals surface area contributed by atoms with Gasteiger partial charge in [0.1, 0.15) is 0 Å². The smallest absolute Gasteiger partial charge is 0.255 e. The summed E-state index contributed by atoms with van der Waals surface area (Å²) in [6, 6.07) is 6.24. The topological polar surface area (TPSA) is 171 Å². The number of nitrogens with two attached hydrogens (primary N) is 1. The van der Waals surface area contributed by atoms with Crippen molar-refractivity contribution in [1.29, 1.82) is 0 Å². The number of nitrogens with one attached hydrogen (secondary N) is 3. The van der Waals surface area contributed by atoms with Gasteiger partial charge in [0.25, 0.3) is 5.69 Å². The number of amides is 2. The first-order valence-corrected chi connectivity index (χ1v) is 11.3. The first-order chi connectivity index (χ1) is 15.9. The Labute approximate surface area is 200 Å². The monoisotopic (exact) mass is 492 g/mol. The Bertz CT molecular complexity index is 1070. The van der Waals surface area contributed by atoms with Crippen LogP contribution in [0.1, 0.15) is 32.1 Å². The molecular formula is C22H26ClFN6O4. The summed E-state index contributed by atoms with van der Waals surface area (Å²) in [5, 5.41) is 7.57. The molecule has 12 heteroatoms. The molecule has 10 nitrogen and oxygen atoms in total. The van der Waals surface area contributed by atoms with Crippen LogP contribution < -0.4 is 21.5 Å². The first kappa shape index (κ1) is 25.4. The predicted octanol–water partition coefficient (Wildman–Crippen LogP) is 1.92. The number of fused-ring (bicyclic) bond motifs is 2. The molecule has 2 aromatic rings. The third-order valence-electron chi connectivity index (χ3n) is 6.73. The molecule has 2 saturated carbocycles. The van der Waals surface area contributed by atoms with Gasteiger partial charge in [-0.25, -0.2) is 9.37 Å². The number of benzene rings is 1. The van der Waals surface area contributed by atoms with Crippen LogP contribution in [0.15, 0.2) is 30.5 Å². The molecular weight excluding hydrogens is 467 g/mol. The van der Waals surface area contributed by atoms with Crippen LogP contribution in [0.3, 0.4) is 0 Å². The Morgan fingerprint density at radius 3 is 2.82 bits per heavy atom. The molecule has 2 amide bonds. The molecule has 34 heavy (non-hydrogen) atoms. The molecule has 2 fully saturated rings. The maximum absolute atomic E-state index is 14.2. The number of anilines is 2. The molecule has 182 valence electrons. The summed E-state index contributed by atoms with van der Waals surface area (Å²) in [5.74, 6) is -1.12. The summed E-state index contributed by atoms with van der Waals surface area (Å²) in [7, 11) is 0. The Morgan fingerprint density at radius 1 is 1.29 bits per heavy atom. The molecule has 5 atom stereocenters. The Kier molecular flexibility index (Phi) is 8.11. The van der Waals surface area contributed by atoms with Gasteiger partial charge in [0.15, 0.2) is 11.6 Å². The summed E-state index contributed by atoms with van der Waals surface area (Å²) in [6.45, 7) is 0. The second-order valence-corrected chi connectivity index (χ2v) is 9.05. The number of hydrogen-bond acceptors (Lipinski definition) is 7. The highest BCUT2D eigenvalue weighted by molar-refractivity contribution is 6.28. The van der Waals surface area contributed by atoms with Crippen molar-refractivity contribution in [2.45, 2.75) is 38.1 Å². The van der Waals surface area contributed by atoms with Crippen LogP contribution in [0.25, 0.3) is 0 Å². The van der Waals surface area contributed by atoms with Gasteiger partial charge < -0.3 is 21.8 Å². The van der Waals surface area contributed by atoms with Crippen molar-refractivity contribution >= 4 is 40.6 Å². The fourth-order valence-corrected chi connectivity index (χ4v) is 5.58. The second kappa shape index (κ2) is 10.8. The van der Waals surface area contributed by atoms with E-state index in [2.05, 4.69) is 20.6 Å². The maximum atomic E-state index is 14.2. The number of rotatable bonds is 9.